The van der Waals surface area contributed by atoms with Gasteiger partial charge in [0.2, 0.25) is 0 Å². The van der Waals surface area contributed by atoms with Crippen molar-refractivity contribution >= 4 is 11.9 Å². The van der Waals surface area contributed by atoms with Crippen molar-refractivity contribution in [1.82, 2.24) is 10.6 Å². The lowest BCUT2D eigenvalue weighted by Crippen LogP contribution is -2.29. The summed E-state index contributed by atoms with van der Waals surface area (Å²) in [4.78, 5) is 22.9. The van der Waals surface area contributed by atoms with Crippen LogP contribution in [0, 0.1) is 0 Å². The highest BCUT2D eigenvalue weighted by Crippen LogP contribution is 2.30. The van der Waals surface area contributed by atoms with Gasteiger partial charge in [0, 0.05) is 12.1 Å². The molecule has 8 heteroatoms. The number of nitrogens with one attached hydrogen (secondary N) is 2. The molecule has 0 fully saturated rings. The molecule has 0 saturated heterocycles. The smallest absolute Gasteiger partial charge is 0.352 e. The largest absolute Gasteiger partial charge is 0.416 e. The van der Waals surface area contributed by atoms with Gasteiger partial charge in [-0.3, -0.25) is 4.79 Å². The lowest BCUT2D eigenvalue weighted by atomic mass is 10.0. The molecule has 4 N–H and O–H groups in total. The van der Waals surface area contributed by atoms with E-state index < -0.39 is 29.7 Å². The van der Waals surface area contributed by atoms with Gasteiger partial charge in [-0.15, -0.1) is 0 Å². The van der Waals surface area contributed by atoms with Crippen LogP contribution in [0.2, 0.25) is 0 Å². The molecule has 0 bridgehead atoms. The summed E-state index contributed by atoms with van der Waals surface area (Å²) in [5.74, 6) is -0.413. The third-order valence-corrected chi connectivity index (χ3v) is 3.74. The standard InChI is InChI=1S/C18H18F3N3O2/c1-11(14-3-2-4-15(9-14)18(19,20)21)24-16(25)13-7-5-12(6-8-13)10-23-17(22)26/h2-9,11H,10H2,1H3,(H,24,25)(H3,22,23,26). The lowest BCUT2D eigenvalue weighted by Gasteiger charge is -2.16. The second-order valence-electron chi connectivity index (χ2n) is 5.73. The second kappa shape index (κ2) is 7.90. The summed E-state index contributed by atoms with van der Waals surface area (Å²) in [6, 6.07) is 10.0. The molecule has 2 rings (SSSR count). The fraction of sp³-hybridized carbons (Fsp3) is 0.222. The minimum atomic E-state index is -4.44. The summed E-state index contributed by atoms with van der Waals surface area (Å²) in [6.07, 6.45) is -4.44. The fourth-order valence-electron chi connectivity index (χ4n) is 2.31. The zero-order valence-corrected chi connectivity index (χ0v) is 13.9. The first-order valence-electron chi connectivity index (χ1n) is 7.77. The Balaban J connectivity index is 2.04. The Morgan fingerprint density at radius 1 is 1.12 bits per heavy atom. The number of carbonyl (C=O) groups is 2. The predicted octanol–water partition coefficient (Wildman–Crippen LogP) is 3.36. The van der Waals surface area contributed by atoms with Gasteiger partial charge in [-0.05, 0) is 42.3 Å². The van der Waals surface area contributed by atoms with Crippen LogP contribution >= 0.6 is 0 Å². The Morgan fingerprint density at radius 3 is 2.35 bits per heavy atom. The van der Waals surface area contributed by atoms with E-state index in [1.807, 2.05) is 0 Å². The van der Waals surface area contributed by atoms with Gasteiger partial charge in [0.25, 0.3) is 5.91 Å². The van der Waals surface area contributed by atoms with Gasteiger partial charge < -0.3 is 16.4 Å². The van der Waals surface area contributed by atoms with Crippen LogP contribution in [0.4, 0.5) is 18.0 Å². The molecule has 5 nitrogen and oxygen atoms in total. The molecule has 2 aromatic carbocycles. The summed E-state index contributed by atoms with van der Waals surface area (Å²) in [5.41, 5.74) is 5.69. The minimum Gasteiger partial charge on any atom is -0.352 e. The molecule has 26 heavy (non-hydrogen) atoms. The van der Waals surface area contributed by atoms with Crippen molar-refractivity contribution in [2.75, 3.05) is 0 Å². The quantitative estimate of drug-likeness (QED) is 0.759. The Bertz CT molecular complexity index is 789. The van der Waals surface area contributed by atoms with Crippen LogP contribution in [0.1, 0.15) is 40.0 Å². The number of carbonyl (C=O) groups excluding carboxylic acids is 2. The summed E-state index contributed by atoms with van der Waals surface area (Å²) in [7, 11) is 0. The Hall–Kier alpha value is -3.03. The first kappa shape index (κ1) is 19.3. The molecule has 0 heterocycles. The fourth-order valence-corrected chi connectivity index (χ4v) is 2.31. The molecule has 3 amide bonds. The van der Waals surface area contributed by atoms with Crippen LogP contribution in [0.3, 0.4) is 0 Å². The van der Waals surface area contributed by atoms with Crippen molar-refractivity contribution in [2.24, 2.45) is 5.73 Å². The van der Waals surface area contributed by atoms with E-state index in [0.717, 1.165) is 17.7 Å². The second-order valence-corrected chi connectivity index (χ2v) is 5.73. The molecule has 1 atom stereocenters. The number of hydrogen-bond acceptors (Lipinski definition) is 2. The highest BCUT2D eigenvalue weighted by atomic mass is 19.4. The Morgan fingerprint density at radius 2 is 1.77 bits per heavy atom. The Labute approximate surface area is 148 Å². The number of urea groups is 1. The monoisotopic (exact) mass is 365 g/mol. The van der Waals surface area contributed by atoms with Crippen molar-refractivity contribution in [3.05, 3.63) is 70.8 Å². The van der Waals surface area contributed by atoms with E-state index in [1.54, 1.807) is 31.2 Å². The van der Waals surface area contributed by atoms with Crippen molar-refractivity contribution in [3.63, 3.8) is 0 Å². The normalized spacial score (nSPS) is 12.3. The molecule has 0 aliphatic rings. The number of amides is 3. The van der Waals surface area contributed by atoms with E-state index >= 15 is 0 Å². The highest BCUT2D eigenvalue weighted by molar-refractivity contribution is 5.94. The van der Waals surface area contributed by atoms with E-state index in [9.17, 15) is 22.8 Å². The first-order valence-corrected chi connectivity index (χ1v) is 7.77. The maximum Gasteiger partial charge on any atom is 0.416 e. The van der Waals surface area contributed by atoms with E-state index in [0.29, 0.717) is 11.1 Å². The lowest BCUT2D eigenvalue weighted by molar-refractivity contribution is -0.137. The third kappa shape index (κ3) is 5.23. The molecule has 1 unspecified atom stereocenters. The molecule has 138 valence electrons. The summed E-state index contributed by atoms with van der Waals surface area (Å²) in [5, 5.41) is 5.09. The topological polar surface area (TPSA) is 84.2 Å². The van der Waals surface area contributed by atoms with Gasteiger partial charge in [0.15, 0.2) is 0 Å². The number of benzene rings is 2. The molecule has 0 radical (unpaired) electrons. The van der Waals surface area contributed by atoms with Crippen LogP contribution in [0.5, 0.6) is 0 Å². The van der Waals surface area contributed by atoms with Crippen molar-refractivity contribution in [1.29, 1.82) is 0 Å². The molecule has 2 aromatic rings. The number of halogens is 3. The average Bonchev–Trinajstić information content (AvgIpc) is 2.59. The molecular formula is C18H18F3N3O2. The molecule has 0 aliphatic heterocycles. The maximum atomic E-state index is 12.8. The average molecular weight is 365 g/mol. The minimum absolute atomic E-state index is 0.234. The summed E-state index contributed by atoms with van der Waals surface area (Å²) in [6.45, 7) is 1.84. The first-order chi connectivity index (χ1) is 12.2. The van der Waals surface area contributed by atoms with Crippen LogP contribution < -0.4 is 16.4 Å². The van der Waals surface area contributed by atoms with Crippen molar-refractivity contribution in [2.45, 2.75) is 25.7 Å². The number of primary amides is 1. The maximum absolute atomic E-state index is 12.8. The van der Waals surface area contributed by atoms with Gasteiger partial charge >= 0.3 is 12.2 Å². The summed E-state index contributed by atoms with van der Waals surface area (Å²) < 4.78 is 38.4. The van der Waals surface area contributed by atoms with Gasteiger partial charge in [-0.1, -0.05) is 24.3 Å². The van der Waals surface area contributed by atoms with Crippen molar-refractivity contribution < 1.29 is 22.8 Å². The van der Waals surface area contributed by atoms with Crippen LogP contribution in [0.15, 0.2) is 48.5 Å². The number of hydrogen-bond donors (Lipinski definition) is 3. The van der Waals surface area contributed by atoms with E-state index in [1.165, 1.54) is 12.1 Å². The van der Waals surface area contributed by atoms with Gasteiger partial charge in [-0.2, -0.15) is 13.2 Å². The number of alkyl halides is 3. The van der Waals surface area contributed by atoms with Gasteiger partial charge in [0.05, 0.1) is 11.6 Å². The van der Waals surface area contributed by atoms with E-state index in [4.69, 9.17) is 5.73 Å². The number of rotatable bonds is 5. The van der Waals surface area contributed by atoms with E-state index in [2.05, 4.69) is 10.6 Å². The number of nitrogens with two attached hydrogens (primary N) is 1. The van der Waals surface area contributed by atoms with Crippen molar-refractivity contribution in [3.8, 4) is 0 Å². The van der Waals surface area contributed by atoms with E-state index in [-0.39, 0.29) is 6.54 Å². The molecular weight excluding hydrogens is 347 g/mol. The van der Waals surface area contributed by atoms with Crippen LogP contribution in [-0.2, 0) is 12.7 Å². The molecule has 0 saturated carbocycles. The Kier molecular flexibility index (Phi) is 5.86. The van der Waals surface area contributed by atoms with Crippen LogP contribution in [-0.4, -0.2) is 11.9 Å². The predicted molar refractivity (Wildman–Crippen MR) is 90.2 cm³/mol. The van der Waals surface area contributed by atoms with Gasteiger partial charge in [-0.25, -0.2) is 4.79 Å². The van der Waals surface area contributed by atoms with Crippen LogP contribution in [0.25, 0.3) is 0 Å². The highest BCUT2D eigenvalue weighted by Gasteiger charge is 2.30. The molecule has 0 spiro atoms. The SMILES string of the molecule is CC(NC(=O)c1ccc(CNC(N)=O)cc1)c1cccc(C(F)(F)F)c1. The van der Waals surface area contributed by atoms with Gasteiger partial charge in [0.1, 0.15) is 0 Å². The zero-order valence-electron chi connectivity index (χ0n) is 13.9. The molecule has 0 aromatic heterocycles. The third-order valence-electron chi connectivity index (χ3n) is 3.74. The summed E-state index contributed by atoms with van der Waals surface area (Å²) >= 11 is 0. The zero-order chi connectivity index (χ0) is 19.3. The molecule has 0 aliphatic carbocycles.